The molecule has 0 atom stereocenters. The van der Waals surface area contributed by atoms with Crippen LogP contribution in [-0.4, -0.2) is 0 Å². The molecular weight excluding hydrogens is 354 g/mol. The smallest absolute Gasteiger partial charge is 0.166 e. The molecular formula is C20H14F6. The first-order valence-corrected chi connectivity index (χ1v) is 7.85. The van der Waals surface area contributed by atoms with Crippen LogP contribution in [0.3, 0.4) is 0 Å². The molecule has 0 nitrogen and oxygen atoms in total. The Morgan fingerprint density at radius 3 is 1.46 bits per heavy atom. The average Bonchev–Trinajstić information content (AvgIpc) is 3.08. The van der Waals surface area contributed by atoms with Crippen molar-refractivity contribution in [1.82, 2.24) is 0 Å². The molecule has 1 aliphatic carbocycles. The van der Waals surface area contributed by atoms with Gasteiger partial charge in [-0.3, -0.25) is 0 Å². The predicted molar refractivity (Wildman–Crippen MR) is 86.5 cm³/mol. The molecule has 0 aliphatic heterocycles. The lowest BCUT2D eigenvalue weighted by molar-refractivity contribution is -0.138. The van der Waals surface area contributed by atoms with Gasteiger partial charge in [0, 0.05) is 11.8 Å². The van der Waals surface area contributed by atoms with Crippen molar-refractivity contribution < 1.29 is 26.3 Å². The van der Waals surface area contributed by atoms with Gasteiger partial charge in [0.1, 0.15) is 0 Å². The first kappa shape index (κ1) is 18.3. The van der Waals surface area contributed by atoms with Gasteiger partial charge < -0.3 is 0 Å². The van der Waals surface area contributed by atoms with E-state index >= 15 is 0 Å². The van der Waals surface area contributed by atoms with Crippen molar-refractivity contribution in [3.63, 3.8) is 0 Å². The van der Waals surface area contributed by atoms with Crippen LogP contribution >= 0.6 is 0 Å². The number of benzene rings is 2. The maximum Gasteiger partial charge on any atom is 0.416 e. The Hall–Kier alpha value is -2.50. The summed E-state index contributed by atoms with van der Waals surface area (Å²) in [4.78, 5) is 0. The van der Waals surface area contributed by atoms with Crippen LogP contribution in [0.4, 0.5) is 26.3 Å². The molecule has 2 aromatic carbocycles. The van der Waals surface area contributed by atoms with E-state index < -0.39 is 29.4 Å². The van der Waals surface area contributed by atoms with Crippen molar-refractivity contribution in [2.45, 2.75) is 18.3 Å². The summed E-state index contributed by atoms with van der Waals surface area (Å²) in [5, 5.41) is 0. The third-order valence-electron chi connectivity index (χ3n) is 4.31. The van der Waals surface area contributed by atoms with Gasteiger partial charge >= 0.3 is 12.4 Å². The summed E-state index contributed by atoms with van der Waals surface area (Å²) in [6.07, 6.45) is -2.03. The SMILES string of the molecule is FC(F)(F)c1cccc(C(c2cccc(C(F)(F)F)c2)C2C=CC=C2)c1. The molecule has 2 aromatic rings. The fourth-order valence-electron chi connectivity index (χ4n) is 3.13. The minimum Gasteiger partial charge on any atom is -0.166 e. The number of hydrogen-bond donors (Lipinski definition) is 0. The first-order valence-electron chi connectivity index (χ1n) is 7.85. The van der Waals surface area contributed by atoms with E-state index in [1.165, 1.54) is 24.3 Å². The Kier molecular flexibility index (Phi) is 4.69. The molecule has 6 heteroatoms. The Morgan fingerprint density at radius 1 is 0.654 bits per heavy atom. The molecule has 0 radical (unpaired) electrons. The number of alkyl halides is 6. The van der Waals surface area contributed by atoms with Gasteiger partial charge in [-0.15, -0.1) is 0 Å². The van der Waals surface area contributed by atoms with Gasteiger partial charge in [-0.05, 0) is 23.3 Å². The lowest BCUT2D eigenvalue weighted by atomic mass is 9.80. The van der Waals surface area contributed by atoms with Gasteiger partial charge in [0.15, 0.2) is 0 Å². The summed E-state index contributed by atoms with van der Waals surface area (Å²) in [5.74, 6) is -0.962. The molecule has 0 saturated carbocycles. The van der Waals surface area contributed by atoms with Crippen LogP contribution in [0.1, 0.15) is 28.2 Å². The number of rotatable bonds is 3. The third kappa shape index (κ3) is 3.84. The van der Waals surface area contributed by atoms with E-state index in [0.29, 0.717) is 11.1 Å². The van der Waals surface area contributed by atoms with Gasteiger partial charge in [0.2, 0.25) is 0 Å². The summed E-state index contributed by atoms with van der Waals surface area (Å²) in [7, 11) is 0. The molecule has 1 aliphatic rings. The first-order chi connectivity index (χ1) is 12.2. The Labute approximate surface area is 146 Å². The minimum atomic E-state index is -4.52. The van der Waals surface area contributed by atoms with Gasteiger partial charge in [-0.1, -0.05) is 60.7 Å². The average molecular weight is 368 g/mol. The topological polar surface area (TPSA) is 0 Å². The van der Waals surface area contributed by atoms with Crippen molar-refractivity contribution in [1.29, 1.82) is 0 Å². The highest BCUT2D eigenvalue weighted by atomic mass is 19.4. The standard InChI is InChI=1S/C20H14F6/c21-19(22,23)16-9-3-7-14(11-16)18(13-5-1-2-6-13)15-8-4-10-17(12-15)20(24,25)26/h1-13,18H. The number of hydrogen-bond acceptors (Lipinski definition) is 0. The van der Waals surface area contributed by atoms with Gasteiger partial charge in [0.05, 0.1) is 11.1 Å². The Bertz CT molecular complexity index is 772. The number of halogens is 6. The highest BCUT2D eigenvalue weighted by molar-refractivity contribution is 5.42. The van der Waals surface area contributed by atoms with Gasteiger partial charge in [-0.25, -0.2) is 0 Å². The van der Waals surface area contributed by atoms with Crippen LogP contribution in [0.25, 0.3) is 0 Å². The van der Waals surface area contributed by atoms with Crippen molar-refractivity contribution in [3.05, 3.63) is 95.1 Å². The molecule has 0 N–H and O–H groups in total. The summed E-state index contributed by atoms with van der Waals surface area (Å²) >= 11 is 0. The van der Waals surface area contributed by atoms with E-state index in [0.717, 1.165) is 24.3 Å². The summed E-state index contributed by atoms with van der Waals surface area (Å²) in [5.41, 5.74) is -1.00. The Balaban J connectivity index is 2.11. The summed E-state index contributed by atoms with van der Waals surface area (Å²) in [6.45, 7) is 0. The highest BCUT2D eigenvalue weighted by Crippen LogP contribution is 2.40. The maximum absolute atomic E-state index is 13.1. The summed E-state index contributed by atoms with van der Waals surface area (Å²) in [6, 6.07) is 9.50. The second kappa shape index (κ2) is 6.67. The molecule has 0 heterocycles. The molecule has 0 fully saturated rings. The zero-order chi connectivity index (χ0) is 18.9. The zero-order valence-electron chi connectivity index (χ0n) is 13.4. The van der Waals surface area contributed by atoms with Crippen LogP contribution in [0, 0.1) is 5.92 Å². The Morgan fingerprint density at radius 2 is 1.08 bits per heavy atom. The lowest BCUT2D eigenvalue weighted by Crippen LogP contribution is -2.13. The van der Waals surface area contributed by atoms with E-state index in [-0.39, 0.29) is 5.92 Å². The van der Waals surface area contributed by atoms with Crippen LogP contribution in [0.5, 0.6) is 0 Å². The van der Waals surface area contributed by atoms with Crippen molar-refractivity contribution in [2.75, 3.05) is 0 Å². The predicted octanol–water partition coefficient (Wildman–Crippen LogP) is 6.60. The minimum absolute atomic E-state index is 0.318. The quantitative estimate of drug-likeness (QED) is 0.536. The molecule has 136 valence electrons. The molecule has 0 amide bonds. The fourth-order valence-corrected chi connectivity index (χ4v) is 3.13. The van der Waals surface area contributed by atoms with Crippen LogP contribution in [-0.2, 0) is 12.4 Å². The van der Waals surface area contributed by atoms with E-state index in [2.05, 4.69) is 0 Å². The molecule has 26 heavy (non-hydrogen) atoms. The largest absolute Gasteiger partial charge is 0.416 e. The maximum atomic E-state index is 13.1. The van der Waals surface area contributed by atoms with E-state index in [1.807, 2.05) is 0 Å². The fraction of sp³-hybridized carbons (Fsp3) is 0.200. The molecule has 0 saturated heterocycles. The van der Waals surface area contributed by atoms with Crippen molar-refractivity contribution >= 4 is 0 Å². The van der Waals surface area contributed by atoms with Crippen LogP contribution in [0.2, 0.25) is 0 Å². The van der Waals surface area contributed by atoms with Crippen LogP contribution < -0.4 is 0 Å². The molecule has 0 unspecified atom stereocenters. The normalized spacial score (nSPS) is 15.2. The van der Waals surface area contributed by atoms with E-state index in [4.69, 9.17) is 0 Å². The third-order valence-corrected chi connectivity index (χ3v) is 4.31. The van der Waals surface area contributed by atoms with E-state index in [9.17, 15) is 26.3 Å². The highest BCUT2D eigenvalue weighted by Gasteiger charge is 2.34. The van der Waals surface area contributed by atoms with Crippen molar-refractivity contribution in [3.8, 4) is 0 Å². The second-order valence-corrected chi connectivity index (χ2v) is 6.07. The molecule has 3 rings (SSSR count). The van der Waals surface area contributed by atoms with Crippen molar-refractivity contribution in [2.24, 2.45) is 5.92 Å². The molecule has 0 spiro atoms. The number of allylic oxidation sites excluding steroid dienone is 4. The lowest BCUT2D eigenvalue weighted by Gasteiger charge is -2.24. The molecule has 0 aromatic heterocycles. The van der Waals surface area contributed by atoms with Gasteiger partial charge in [-0.2, -0.15) is 26.3 Å². The monoisotopic (exact) mass is 368 g/mol. The van der Waals surface area contributed by atoms with Gasteiger partial charge in [0.25, 0.3) is 0 Å². The van der Waals surface area contributed by atoms with E-state index in [1.54, 1.807) is 24.3 Å². The zero-order valence-corrected chi connectivity index (χ0v) is 13.4. The second-order valence-electron chi connectivity index (χ2n) is 6.07. The summed E-state index contributed by atoms with van der Waals surface area (Å²) < 4.78 is 78.3. The molecule has 0 bridgehead atoms. The van der Waals surface area contributed by atoms with Crippen LogP contribution in [0.15, 0.2) is 72.8 Å².